The first-order valence-electron chi connectivity index (χ1n) is 9.55. The maximum atomic E-state index is 13.5. The van der Waals surface area contributed by atoms with Gasteiger partial charge in [0.1, 0.15) is 11.0 Å². The first kappa shape index (κ1) is 20.5. The first-order chi connectivity index (χ1) is 15.4. The number of hydrogen-bond donors (Lipinski definition) is 1. The number of rotatable bonds is 4. The summed E-state index contributed by atoms with van der Waals surface area (Å²) in [6.07, 6.45) is 0. The highest BCUT2D eigenvalue weighted by Gasteiger charge is 2.56. The van der Waals surface area contributed by atoms with E-state index in [1.807, 2.05) is 12.1 Å². The number of nitrogens with one attached hydrogen (secondary N) is 1. The van der Waals surface area contributed by atoms with E-state index in [0.29, 0.717) is 10.8 Å². The van der Waals surface area contributed by atoms with Crippen LogP contribution in [0.1, 0.15) is 16.4 Å². The number of H-pyrrole nitrogens is 1. The fourth-order valence-corrected chi connectivity index (χ4v) is 6.68. The minimum absolute atomic E-state index is 0.129. The van der Waals surface area contributed by atoms with Crippen molar-refractivity contribution in [3.63, 3.8) is 0 Å². The van der Waals surface area contributed by atoms with E-state index in [1.165, 1.54) is 36.0 Å². The average molecular weight is 470 g/mol. The molecule has 1 saturated heterocycles. The molecule has 0 aliphatic carbocycles. The number of ether oxygens (including phenoxy) is 1. The number of nitrogens with zero attached hydrogens (tertiary/aromatic N) is 2. The fraction of sp³-hybridized carbons (Fsp3) is 0.190. The summed E-state index contributed by atoms with van der Waals surface area (Å²) in [5.74, 6) is -1.34. The van der Waals surface area contributed by atoms with Gasteiger partial charge in [-0.15, -0.1) is 0 Å². The summed E-state index contributed by atoms with van der Waals surface area (Å²) < 4.78 is 5.22. The number of thioether (sulfide) groups is 1. The number of aromatic nitrogens is 1. The molecule has 11 heteroatoms. The Bertz CT molecular complexity index is 1300. The summed E-state index contributed by atoms with van der Waals surface area (Å²) in [5, 5.41) is 10.8. The lowest BCUT2D eigenvalue weighted by molar-refractivity contribution is -0.384. The molecule has 3 unspecified atom stereocenters. The monoisotopic (exact) mass is 469 g/mol. The SMILES string of the molecule is COc1ccc(C2c3sc(=O)[nH]c3SC3C(=O)N(c4ccc([N+](=O)[O-])cc4)C(=O)C32)cc1. The zero-order valence-corrected chi connectivity index (χ0v) is 18.1. The highest BCUT2D eigenvalue weighted by molar-refractivity contribution is 8.00. The number of aromatic amines is 1. The number of hydrogen-bond acceptors (Lipinski definition) is 8. The molecule has 0 bridgehead atoms. The van der Waals surface area contributed by atoms with Crippen molar-refractivity contribution in [3.05, 3.63) is 78.8 Å². The summed E-state index contributed by atoms with van der Waals surface area (Å²) in [4.78, 5) is 53.7. The highest BCUT2D eigenvalue weighted by atomic mass is 32.2. The number of methoxy groups -OCH3 is 1. The number of thiazole rings is 1. The molecule has 9 nitrogen and oxygen atoms in total. The largest absolute Gasteiger partial charge is 0.497 e. The van der Waals surface area contributed by atoms with Crippen molar-refractivity contribution in [3.8, 4) is 5.75 Å². The molecule has 3 atom stereocenters. The Morgan fingerprint density at radius 2 is 1.72 bits per heavy atom. The molecule has 2 aliphatic heterocycles. The molecule has 5 rings (SSSR count). The van der Waals surface area contributed by atoms with Crippen LogP contribution in [0.4, 0.5) is 11.4 Å². The first-order valence-corrected chi connectivity index (χ1v) is 11.2. The van der Waals surface area contributed by atoms with Crippen LogP contribution in [-0.2, 0) is 9.59 Å². The molecule has 32 heavy (non-hydrogen) atoms. The van der Waals surface area contributed by atoms with Gasteiger partial charge in [0.2, 0.25) is 11.8 Å². The number of non-ortho nitro benzene ring substituents is 1. The molecule has 0 saturated carbocycles. The zero-order valence-electron chi connectivity index (χ0n) is 16.5. The van der Waals surface area contributed by atoms with Gasteiger partial charge in [0, 0.05) is 22.9 Å². The number of benzene rings is 2. The van der Waals surface area contributed by atoms with Crippen LogP contribution in [0.15, 0.2) is 58.4 Å². The van der Waals surface area contributed by atoms with Gasteiger partial charge < -0.3 is 9.72 Å². The third kappa shape index (κ3) is 3.12. The maximum Gasteiger partial charge on any atom is 0.305 e. The summed E-state index contributed by atoms with van der Waals surface area (Å²) in [6.45, 7) is 0. The van der Waals surface area contributed by atoms with E-state index < -0.39 is 33.8 Å². The second-order valence-electron chi connectivity index (χ2n) is 7.31. The van der Waals surface area contributed by atoms with E-state index in [0.717, 1.165) is 26.7 Å². The van der Waals surface area contributed by atoms with Crippen LogP contribution < -0.4 is 14.5 Å². The van der Waals surface area contributed by atoms with Gasteiger partial charge in [-0.2, -0.15) is 0 Å². The van der Waals surface area contributed by atoms with E-state index in [2.05, 4.69) is 4.98 Å². The van der Waals surface area contributed by atoms with Crippen molar-refractivity contribution in [2.45, 2.75) is 16.2 Å². The third-order valence-electron chi connectivity index (χ3n) is 5.62. The van der Waals surface area contributed by atoms with Gasteiger partial charge in [0.15, 0.2) is 0 Å². The van der Waals surface area contributed by atoms with E-state index in [1.54, 1.807) is 19.2 Å². The average Bonchev–Trinajstić information content (AvgIpc) is 3.28. The second-order valence-corrected chi connectivity index (χ2v) is 9.47. The van der Waals surface area contributed by atoms with E-state index in [-0.39, 0.29) is 16.2 Å². The van der Waals surface area contributed by atoms with E-state index in [9.17, 15) is 24.5 Å². The Kier molecular flexibility index (Phi) is 4.86. The third-order valence-corrected chi connectivity index (χ3v) is 8.02. The minimum atomic E-state index is -0.720. The molecular formula is C21H15N3O6S2. The van der Waals surface area contributed by atoms with Crippen molar-refractivity contribution >= 4 is 46.3 Å². The van der Waals surface area contributed by atoms with Crippen LogP contribution in [0.3, 0.4) is 0 Å². The number of carbonyl (C=O) groups is 2. The molecule has 2 aliphatic rings. The van der Waals surface area contributed by atoms with Crippen molar-refractivity contribution < 1.29 is 19.2 Å². The number of imide groups is 1. The van der Waals surface area contributed by atoms with Gasteiger partial charge in [-0.05, 0) is 29.8 Å². The zero-order chi connectivity index (χ0) is 22.6. The maximum absolute atomic E-state index is 13.5. The Morgan fingerprint density at radius 1 is 1.03 bits per heavy atom. The summed E-state index contributed by atoms with van der Waals surface area (Å²) in [5.41, 5.74) is 0.950. The molecule has 2 amide bonds. The van der Waals surface area contributed by atoms with Gasteiger partial charge in [-0.3, -0.25) is 24.5 Å². The Balaban J connectivity index is 1.59. The normalized spacial score (nSPS) is 21.9. The molecule has 1 N–H and O–H groups in total. The standard InChI is InChI=1S/C21H15N3O6S2/c1-30-13-8-2-10(3-9-13)14-15-17(31-18-16(14)32-21(27)22-18)20(26)23(19(15)25)11-4-6-12(7-5-11)24(28)29/h2-9,14-15,17H,1H3,(H,22,27). The molecule has 3 heterocycles. The Labute approximate surface area is 189 Å². The van der Waals surface area contributed by atoms with Crippen molar-refractivity contribution in [1.29, 1.82) is 0 Å². The Morgan fingerprint density at radius 3 is 2.34 bits per heavy atom. The number of carbonyl (C=O) groups excluding carboxylic acids is 2. The topological polar surface area (TPSA) is 123 Å². The van der Waals surface area contributed by atoms with Crippen molar-refractivity contribution in [1.82, 2.24) is 4.98 Å². The summed E-state index contributed by atoms with van der Waals surface area (Å²) >= 11 is 2.22. The van der Waals surface area contributed by atoms with Crippen LogP contribution in [0.25, 0.3) is 0 Å². The van der Waals surface area contributed by atoms with Crippen molar-refractivity contribution in [2.75, 3.05) is 12.0 Å². The van der Waals surface area contributed by atoms with Crippen LogP contribution >= 0.6 is 23.1 Å². The Hall–Kier alpha value is -3.44. The van der Waals surface area contributed by atoms with Gasteiger partial charge >= 0.3 is 4.87 Å². The molecule has 0 spiro atoms. The summed E-state index contributed by atoms with van der Waals surface area (Å²) in [6, 6.07) is 12.5. The van der Waals surface area contributed by atoms with Gasteiger partial charge in [-0.1, -0.05) is 35.2 Å². The van der Waals surface area contributed by atoms with E-state index in [4.69, 9.17) is 4.74 Å². The number of nitro benzene ring substituents is 1. The number of anilines is 1. The summed E-state index contributed by atoms with van der Waals surface area (Å²) in [7, 11) is 1.56. The van der Waals surface area contributed by atoms with Gasteiger partial charge in [0.25, 0.3) is 5.69 Å². The van der Waals surface area contributed by atoms with Gasteiger partial charge in [-0.25, -0.2) is 4.90 Å². The molecule has 1 fully saturated rings. The van der Waals surface area contributed by atoms with Crippen molar-refractivity contribution in [2.24, 2.45) is 5.92 Å². The van der Waals surface area contributed by atoms with Crippen LogP contribution in [0.2, 0.25) is 0 Å². The number of fused-ring (bicyclic) bond motifs is 2. The van der Waals surface area contributed by atoms with Crippen LogP contribution in [-0.4, -0.2) is 34.1 Å². The van der Waals surface area contributed by atoms with Crippen LogP contribution in [0, 0.1) is 16.0 Å². The lowest BCUT2D eigenvalue weighted by atomic mass is 9.83. The minimum Gasteiger partial charge on any atom is -0.497 e. The molecule has 0 radical (unpaired) electrons. The number of nitro groups is 1. The number of amides is 2. The predicted octanol–water partition coefficient (Wildman–Crippen LogP) is 3.15. The van der Waals surface area contributed by atoms with Crippen LogP contribution in [0.5, 0.6) is 5.75 Å². The molecule has 3 aromatic rings. The highest BCUT2D eigenvalue weighted by Crippen LogP contribution is 2.53. The quantitative estimate of drug-likeness (QED) is 0.354. The smallest absolute Gasteiger partial charge is 0.305 e. The molecule has 2 aromatic carbocycles. The predicted molar refractivity (Wildman–Crippen MR) is 119 cm³/mol. The second kappa shape index (κ2) is 7.61. The molecule has 1 aromatic heterocycles. The molecule has 162 valence electrons. The van der Waals surface area contributed by atoms with Gasteiger partial charge in [0.05, 0.1) is 28.7 Å². The fourth-order valence-electron chi connectivity index (χ4n) is 4.17. The van der Waals surface area contributed by atoms with E-state index >= 15 is 0 Å². The molecular weight excluding hydrogens is 454 g/mol. The lowest BCUT2D eigenvalue weighted by Crippen LogP contribution is -2.32. The lowest BCUT2D eigenvalue weighted by Gasteiger charge is -2.29.